The number of hydrogen-bond acceptors (Lipinski definition) is 4. The van der Waals surface area contributed by atoms with Crippen LogP contribution in [0.1, 0.15) is 38.1 Å². The number of rotatable bonds is 8. The van der Waals surface area contributed by atoms with Crippen molar-refractivity contribution in [2.45, 2.75) is 39.3 Å². The van der Waals surface area contributed by atoms with E-state index in [1.54, 1.807) is 11.3 Å². The van der Waals surface area contributed by atoms with Gasteiger partial charge in [0.1, 0.15) is 0 Å². The first-order chi connectivity index (χ1) is 9.54. The van der Waals surface area contributed by atoms with Crippen LogP contribution in [0.25, 0.3) is 0 Å². The van der Waals surface area contributed by atoms with Crippen molar-refractivity contribution < 1.29 is 4.79 Å². The Morgan fingerprint density at radius 2 is 2.00 bits per heavy atom. The summed E-state index contributed by atoms with van der Waals surface area (Å²) in [6.07, 6.45) is 0.895. The van der Waals surface area contributed by atoms with Crippen molar-refractivity contribution >= 4 is 17.2 Å². The summed E-state index contributed by atoms with van der Waals surface area (Å²) in [7, 11) is 1.99. The number of thiophene rings is 1. The van der Waals surface area contributed by atoms with Crippen LogP contribution in [0.15, 0.2) is 17.5 Å². The molecule has 1 aromatic heterocycles. The molecule has 1 amide bonds. The number of nitrogens with zero attached hydrogens (tertiary/aromatic N) is 2. The lowest BCUT2D eigenvalue weighted by Gasteiger charge is -2.32. The number of nitrogens with two attached hydrogens (primary N) is 1. The van der Waals surface area contributed by atoms with Crippen LogP contribution in [0.4, 0.5) is 0 Å². The maximum absolute atomic E-state index is 12.2. The standard InChI is InChI=1S/C15H27N3OS/c1-5-12(16)15(13-9-8-10-20-13)17(4)11-14(19)18(6-2)7-3/h8-10,12,15H,5-7,11,16H2,1-4H3. The Hall–Kier alpha value is -0.910. The van der Waals surface area contributed by atoms with E-state index in [1.165, 1.54) is 4.88 Å². The zero-order chi connectivity index (χ0) is 15.1. The predicted molar refractivity (Wildman–Crippen MR) is 85.9 cm³/mol. The van der Waals surface area contributed by atoms with E-state index in [9.17, 15) is 4.79 Å². The third-order valence-corrected chi connectivity index (χ3v) is 4.63. The molecule has 0 aliphatic carbocycles. The smallest absolute Gasteiger partial charge is 0.236 e. The fourth-order valence-corrected chi connectivity index (χ4v) is 3.39. The molecule has 4 nitrogen and oxygen atoms in total. The molecule has 0 spiro atoms. The zero-order valence-corrected chi connectivity index (χ0v) is 13.8. The van der Waals surface area contributed by atoms with E-state index in [4.69, 9.17) is 5.73 Å². The van der Waals surface area contributed by atoms with Crippen LogP contribution < -0.4 is 5.73 Å². The molecule has 5 heteroatoms. The first kappa shape index (κ1) is 17.1. The fourth-order valence-electron chi connectivity index (χ4n) is 2.43. The van der Waals surface area contributed by atoms with Gasteiger partial charge in [0.25, 0.3) is 0 Å². The second-order valence-corrected chi connectivity index (χ2v) is 5.99. The summed E-state index contributed by atoms with van der Waals surface area (Å²) < 4.78 is 0. The quantitative estimate of drug-likeness (QED) is 0.801. The normalized spacial score (nSPS) is 14.3. The summed E-state index contributed by atoms with van der Waals surface area (Å²) in [5.41, 5.74) is 6.27. The third kappa shape index (κ3) is 4.30. The van der Waals surface area contributed by atoms with Crippen LogP contribution in [-0.4, -0.2) is 48.4 Å². The Bertz CT molecular complexity index is 390. The maximum atomic E-state index is 12.2. The van der Waals surface area contributed by atoms with Crippen molar-refractivity contribution in [3.05, 3.63) is 22.4 Å². The molecule has 1 heterocycles. The molecule has 0 bridgehead atoms. The van der Waals surface area contributed by atoms with Crippen molar-refractivity contribution in [3.63, 3.8) is 0 Å². The van der Waals surface area contributed by atoms with Crippen molar-refractivity contribution in [2.75, 3.05) is 26.7 Å². The van der Waals surface area contributed by atoms with Gasteiger partial charge >= 0.3 is 0 Å². The van der Waals surface area contributed by atoms with Gasteiger partial charge in [-0.15, -0.1) is 11.3 Å². The molecular weight excluding hydrogens is 270 g/mol. The van der Waals surface area contributed by atoms with E-state index in [2.05, 4.69) is 23.3 Å². The minimum absolute atomic E-state index is 0.0446. The van der Waals surface area contributed by atoms with Crippen LogP contribution in [0.5, 0.6) is 0 Å². The molecule has 1 rings (SSSR count). The molecule has 1 aromatic rings. The number of likely N-dealkylation sites (N-methyl/N-ethyl adjacent to an activating group) is 2. The SMILES string of the molecule is CCC(N)C(c1cccs1)N(C)CC(=O)N(CC)CC. The number of carbonyl (C=O) groups is 1. The second kappa shape index (κ2) is 8.39. The molecule has 114 valence electrons. The van der Waals surface area contributed by atoms with Crippen LogP contribution in [0.3, 0.4) is 0 Å². The summed E-state index contributed by atoms with van der Waals surface area (Å²) in [5.74, 6) is 0.169. The van der Waals surface area contributed by atoms with Gasteiger partial charge in [0.05, 0.1) is 12.6 Å². The number of carbonyl (C=O) groups excluding carboxylic acids is 1. The lowest BCUT2D eigenvalue weighted by molar-refractivity contribution is -0.132. The molecular formula is C15H27N3OS. The van der Waals surface area contributed by atoms with Gasteiger partial charge in [-0.3, -0.25) is 9.69 Å². The highest BCUT2D eigenvalue weighted by atomic mass is 32.1. The van der Waals surface area contributed by atoms with E-state index in [-0.39, 0.29) is 18.0 Å². The molecule has 2 N–H and O–H groups in total. The molecule has 0 saturated carbocycles. The first-order valence-electron chi connectivity index (χ1n) is 7.32. The Balaban J connectivity index is 2.79. The Morgan fingerprint density at radius 1 is 1.35 bits per heavy atom. The topological polar surface area (TPSA) is 49.6 Å². The molecule has 2 unspecified atom stereocenters. The van der Waals surface area contributed by atoms with Gasteiger partial charge in [0.15, 0.2) is 0 Å². The number of hydrogen-bond donors (Lipinski definition) is 1. The summed E-state index contributed by atoms with van der Waals surface area (Å²) in [6, 6.07) is 4.29. The van der Waals surface area contributed by atoms with Crippen LogP contribution >= 0.6 is 11.3 Å². The van der Waals surface area contributed by atoms with E-state index >= 15 is 0 Å². The maximum Gasteiger partial charge on any atom is 0.236 e. The van der Waals surface area contributed by atoms with Gasteiger partial charge in [-0.25, -0.2) is 0 Å². The molecule has 0 fully saturated rings. The molecule has 0 saturated heterocycles. The minimum atomic E-state index is 0.0446. The lowest BCUT2D eigenvalue weighted by Crippen LogP contribution is -2.44. The van der Waals surface area contributed by atoms with Crippen molar-refractivity contribution in [2.24, 2.45) is 5.73 Å². The summed E-state index contributed by atoms with van der Waals surface area (Å²) in [4.78, 5) is 17.4. The highest BCUT2D eigenvalue weighted by Crippen LogP contribution is 2.27. The van der Waals surface area contributed by atoms with E-state index < -0.39 is 0 Å². The molecule has 0 aromatic carbocycles. The summed E-state index contributed by atoms with van der Waals surface area (Å²) in [5, 5.41) is 2.06. The van der Waals surface area contributed by atoms with Gasteiger partial charge in [-0.05, 0) is 38.8 Å². The average Bonchev–Trinajstić information content (AvgIpc) is 2.93. The Labute approximate surface area is 126 Å². The lowest BCUT2D eigenvalue weighted by atomic mass is 10.0. The summed E-state index contributed by atoms with van der Waals surface area (Å²) >= 11 is 1.70. The molecule has 0 radical (unpaired) electrons. The minimum Gasteiger partial charge on any atom is -0.342 e. The van der Waals surface area contributed by atoms with Gasteiger partial charge in [-0.2, -0.15) is 0 Å². The first-order valence-corrected chi connectivity index (χ1v) is 8.20. The zero-order valence-electron chi connectivity index (χ0n) is 13.0. The van der Waals surface area contributed by atoms with E-state index in [0.717, 1.165) is 19.5 Å². The Kier molecular flexibility index (Phi) is 7.19. The third-order valence-electron chi connectivity index (χ3n) is 3.69. The molecule has 0 aliphatic heterocycles. The van der Waals surface area contributed by atoms with Gasteiger partial charge in [-0.1, -0.05) is 13.0 Å². The largest absolute Gasteiger partial charge is 0.342 e. The van der Waals surface area contributed by atoms with Crippen molar-refractivity contribution in [3.8, 4) is 0 Å². The van der Waals surface area contributed by atoms with Crippen molar-refractivity contribution in [1.82, 2.24) is 9.80 Å². The van der Waals surface area contributed by atoms with Crippen LogP contribution in [-0.2, 0) is 4.79 Å². The molecule has 0 aliphatic rings. The average molecular weight is 297 g/mol. The summed E-state index contributed by atoms with van der Waals surface area (Å²) in [6.45, 7) is 8.04. The van der Waals surface area contributed by atoms with E-state index in [1.807, 2.05) is 31.9 Å². The highest BCUT2D eigenvalue weighted by Gasteiger charge is 2.26. The van der Waals surface area contributed by atoms with E-state index in [0.29, 0.717) is 6.54 Å². The van der Waals surface area contributed by atoms with Crippen molar-refractivity contribution in [1.29, 1.82) is 0 Å². The van der Waals surface area contributed by atoms with Gasteiger partial charge in [0, 0.05) is 24.0 Å². The van der Waals surface area contributed by atoms with Gasteiger partial charge < -0.3 is 10.6 Å². The van der Waals surface area contributed by atoms with Crippen LogP contribution in [0.2, 0.25) is 0 Å². The number of amides is 1. The Morgan fingerprint density at radius 3 is 2.45 bits per heavy atom. The molecule has 2 atom stereocenters. The predicted octanol–water partition coefficient (Wildman–Crippen LogP) is 2.33. The monoisotopic (exact) mass is 297 g/mol. The fraction of sp³-hybridized carbons (Fsp3) is 0.667. The second-order valence-electron chi connectivity index (χ2n) is 5.01. The van der Waals surface area contributed by atoms with Gasteiger partial charge in [0.2, 0.25) is 5.91 Å². The molecule has 20 heavy (non-hydrogen) atoms. The highest BCUT2D eigenvalue weighted by molar-refractivity contribution is 7.10. The van der Waals surface area contributed by atoms with Crippen LogP contribution in [0, 0.1) is 0 Å².